The van der Waals surface area contributed by atoms with Crippen molar-refractivity contribution in [1.82, 2.24) is 10.6 Å². The lowest BCUT2D eigenvalue weighted by molar-refractivity contribution is -0.147. The van der Waals surface area contributed by atoms with Crippen LogP contribution in [0.3, 0.4) is 0 Å². The molecule has 44 heavy (non-hydrogen) atoms. The Morgan fingerprint density at radius 2 is 1.61 bits per heavy atom. The van der Waals surface area contributed by atoms with Crippen LogP contribution in [0, 0.1) is 5.92 Å². The van der Waals surface area contributed by atoms with Gasteiger partial charge in [-0.15, -0.1) is 0 Å². The first-order valence-corrected chi connectivity index (χ1v) is 16.8. The van der Waals surface area contributed by atoms with E-state index in [-0.39, 0.29) is 36.6 Å². The number of aliphatic imine (C=N–C) groups is 3. The second-order valence-corrected chi connectivity index (χ2v) is 12.0. The number of allylic oxidation sites excluding steroid dienone is 2. The van der Waals surface area contributed by atoms with Crippen LogP contribution < -0.4 is 16.4 Å². The molecule has 4 N–H and O–H groups in total. The molecule has 2 aliphatic heterocycles. The van der Waals surface area contributed by atoms with Gasteiger partial charge in [0.1, 0.15) is 19.0 Å². The van der Waals surface area contributed by atoms with Gasteiger partial charge in [0.25, 0.3) is 5.91 Å². The highest BCUT2D eigenvalue weighted by Crippen LogP contribution is 2.16. The van der Waals surface area contributed by atoms with Crippen molar-refractivity contribution in [2.24, 2.45) is 26.6 Å². The molecule has 11 nitrogen and oxygen atoms in total. The number of hydrogen-bond acceptors (Lipinski definition) is 10. The Hall–Kier alpha value is -2.92. The smallest absolute Gasteiger partial charge is 0.323 e. The number of esters is 2. The number of hydrogen-bond donors (Lipinski definition) is 3. The molecule has 0 aromatic rings. The first-order valence-electron chi connectivity index (χ1n) is 16.8. The van der Waals surface area contributed by atoms with Crippen LogP contribution in [0.1, 0.15) is 124 Å². The van der Waals surface area contributed by atoms with Crippen molar-refractivity contribution >= 4 is 35.7 Å². The molecule has 0 saturated carbocycles. The molecule has 2 rings (SSSR count). The largest absolute Gasteiger partial charge is 0.465 e. The average Bonchev–Trinajstić information content (AvgIpc) is 3.48. The van der Waals surface area contributed by atoms with E-state index in [0.717, 1.165) is 32.1 Å². The molecular formula is C33H56N6O5. The second kappa shape index (κ2) is 21.7. The number of nitrogens with two attached hydrogens (primary N) is 1. The van der Waals surface area contributed by atoms with E-state index in [1.54, 1.807) is 0 Å². The molecule has 11 heteroatoms. The van der Waals surface area contributed by atoms with E-state index in [1.165, 1.54) is 57.7 Å². The molecule has 0 aliphatic carbocycles. The van der Waals surface area contributed by atoms with Crippen LogP contribution in [0.4, 0.5) is 0 Å². The summed E-state index contributed by atoms with van der Waals surface area (Å²) in [6.07, 6.45) is 22.9. The summed E-state index contributed by atoms with van der Waals surface area (Å²) in [6, 6.07) is -0.644. The lowest BCUT2D eigenvalue weighted by Crippen LogP contribution is -2.65. The minimum absolute atomic E-state index is 0.00399. The van der Waals surface area contributed by atoms with Crippen molar-refractivity contribution in [3.05, 3.63) is 12.2 Å². The van der Waals surface area contributed by atoms with Gasteiger partial charge in [0, 0.05) is 6.42 Å². The summed E-state index contributed by atoms with van der Waals surface area (Å²) in [5, 5.41) is 5.97. The zero-order chi connectivity index (χ0) is 32.0. The van der Waals surface area contributed by atoms with E-state index in [0.29, 0.717) is 25.8 Å². The van der Waals surface area contributed by atoms with E-state index in [9.17, 15) is 14.4 Å². The minimum Gasteiger partial charge on any atom is -0.465 e. The Balaban J connectivity index is 1.64. The fourth-order valence-electron chi connectivity index (χ4n) is 4.82. The van der Waals surface area contributed by atoms with Gasteiger partial charge in [-0.2, -0.15) is 0 Å². The fraction of sp³-hybridized carbons (Fsp3) is 0.758. The highest BCUT2D eigenvalue weighted by molar-refractivity contribution is 6.69. The van der Waals surface area contributed by atoms with Crippen LogP contribution >= 0.6 is 0 Å². The Morgan fingerprint density at radius 3 is 2.30 bits per heavy atom. The second-order valence-electron chi connectivity index (χ2n) is 12.0. The Morgan fingerprint density at radius 1 is 0.955 bits per heavy atom. The first-order chi connectivity index (χ1) is 21.3. The molecule has 0 saturated heterocycles. The Kier molecular flexibility index (Phi) is 18.4. The van der Waals surface area contributed by atoms with E-state index < -0.39 is 23.7 Å². The number of nitrogens with one attached hydrogen (secondary N) is 2. The zero-order valence-corrected chi connectivity index (χ0v) is 27.3. The summed E-state index contributed by atoms with van der Waals surface area (Å²) >= 11 is 0. The predicted octanol–water partition coefficient (Wildman–Crippen LogP) is 5.13. The topological polar surface area (TPSA) is 157 Å². The van der Waals surface area contributed by atoms with Crippen molar-refractivity contribution in [2.45, 2.75) is 135 Å². The van der Waals surface area contributed by atoms with Crippen LogP contribution in [0.25, 0.3) is 0 Å². The van der Waals surface area contributed by atoms with E-state index >= 15 is 0 Å². The third-order valence-electron chi connectivity index (χ3n) is 7.72. The molecule has 0 aromatic heterocycles. The summed E-state index contributed by atoms with van der Waals surface area (Å²) < 4.78 is 10.8. The quantitative estimate of drug-likeness (QED) is 0.0729. The summed E-state index contributed by atoms with van der Waals surface area (Å²) in [6.45, 7) is 6.47. The first kappa shape index (κ1) is 37.3. The van der Waals surface area contributed by atoms with Crippen LogP contribution in [-0.4, -0.2) is 67.3 Å². The summed E-state index contributed by atoms with van der Waals surface area (Å²) in [5.74, 6) is -2.33. The Bertz CT molecular complexity index is 1010. The number of fused-ring (bicyclic) bond motifs is 1. The van der Waals surface area contributed by atoms with Gasteiger partial charge in [-0.25, -0.2) is 15.0 Å². The van der Waals surface area contributed by atoms with Crippen molar-refractivity contribution < 1.29 is 23.9 Å². The zero-order valence-electron chi connectivity index (χ0n) is 27.3. The van der Waals surface area contributed by atoms with Crippen molar-refractivity contribution in [2.75, 3.05) is 19.8 Å². The van der Waals surface area contributed by atoms with Gasteiger partial charge in [-0.05, 0) is 57.4 Å². The molecule has 248 valence electrons. The Labute approximate surface area is 264 Å². The molecule has 2 aliphatic rings. The maximum absolute atomic E-state index is 12.6. The number of carbonyl (C=O) groups is 3. The van der Waals surface area contributed by atoms with Gasteiger partial charge in [0.05, 0.1) is 6.61 Å². The van der Waals surface area contributed by atoms with Crippen LogP contribution in [0.2, 0.25) is 0 Å². The summed E-state index contributed by atoms with van der Waals surface area (Å²) in [4.78, 5) is 49.6. The molecule has 0 spiro atoms. The minimum atomic E-state index is -1.35. The number of unbranched alkanes of at least 4 members (excludes halogenated alkanes) is 12. The molecule has 0 radical (unpaired) electrons. The van der Waals surface area contributed by atoms with Crippen molar-refractivity contribution in [1.29, 1.82) is 0 Å². The number of carbonyl (C=O) groups excluding carboxylic acids is 3. The van der Waals surface area contributed by atoms with Gasteiger partial charge in [0.2, 0.25) is 5.79 Å². The van der Waals surface area contributed by atoms with Crippen LogP contribution in [-0.2, 0) is 23.9 Å². The van der Waals surface area contributed by atoms with Gasteiger partial charge < -0.3 is 20.5 Å². The number of ether oxygens (including phenoxy) is 2. The lowest BCUT2D eigenvalue weighted by atomic mass is 10.1. The lowest BCUT2D eigenvalue weighted by Gasteiger charge is -2.34. The number of rotatable bonds is 25. The molecular weight excluding hydrogens is 560 g/mol. The van der Waals surface area contributed by atoms with E-state index in [2.05, 4.69) is 44.7 Å². The van der Waals surface area contributed by atoms with E-state index in [1.807, 2.05) is 13.8 Å². The normalized spacial score (nSPS) is 18.2. The van der Waals surface area contributed by atoms with Gasteiger partial charge in [-0.1, -0.05) is 84.3 Å². The van der Waals surface area contributed by atoms with E-state index in [4.69, 9.17) is 15.2 Å². The van der Waals surface area contributed by atoms with Crippen LogP contribution in [0.15, 0.2) is 27.1 Å². The van der Waals surface area contributed by atoms with Crippen molar-refractivity contribution in [3.8, 4) is 0 Å². The molecule has 0 aromatic carbocycles. The van der Waals surface area contributed by atoms with Crippen molar-refractivity contribution in [3.63, 3.8) is 0 Å². The number of amides is 1. The van der Waals surface area contributed by atoms with Gasteiger partial charge in [0.15, 0.2) is 11.5 Å². The summed E-state index contributed by atoms with van der Waals surface area (Å²) in [7, 11) is 0. The third-order valence-corrected chi connectivity index (χ3v) is 7.72. The van der Waals surface area contributed by atoms with Crippen LogP contribution in [0.5, 0.6) is 0 Å². The van der Waals surface area contributed by atoms with Gasteiger partial charge in [-0.3, -0.25) is 19.7 Å². The maximum Gasteiger partial charge on any atom is 0.323 e. The molecule has 0 fully saturated rings. The molecule has 2 heterocycles. The number of nitrogens with zero attached hydrogens (tertiary/aromatic N) is 3. The van der Waals surface area contributed by atoms with Gasteiger partial charge >= 0.3 is 11.9 Å². The monoisotopic (exact) mass is 616 g/mol. The standard InChI is InChI=1S/C33H56N6O5/c1-4-5-6-7-8-9-10-11-12-13-14-15-16-17-18-21-27(40)44-24-33(38-30-29(31(41)39-33)35-25-36-30)37-22-19-20-23-43-32(42)28(34)26(2)3/h11-12,25-26,28,37H,4-10,13-24,34H2,1-3H3,(H,39,41)/t28-,33?/m0/s1. The molecule has 0 bridgehead atoms. The third kappa shape index (κ3) is 14.7. The fourth-order valence-corrected chi connectivity index (χ4v) is 4.82. The SMILES string of the molecule is CCCCCCCCC=CCCCCCCCC(=O)OCC1(NCCCCOC(=O)[C@@H](N)C(C)C)N=C2N=CN=C2C(=O)N1. The number of amidine groups is 1. The highest BCUT2D eigenvalue weighted by Gasteiger charge is 2.41. The predicted molar refractivity (Wildman–Crippen MR) is 176 cm³/mol. The molecule has 2 atom stereocenters. The highest BCUT2D eigenvalue weighted by atomic mass is 16.5. The average molecular weight is 617 g/mol. The molecule has 1 amide bonds. The maximum atomic E-state index is 12.6. The summed E-state index contributed by atoms with van der Waals surface area (Å²) in [5.41, 5.74) is 5.95. The molecule has 1 unspecified atom stereocenters.